The smallest absolute Gasteiger partial charge is 0.133 e. The Kier molecular flexibility index (Phi) is 2.98. The van der Waals surface area contributed by atoms with Gasteiger partial charge in [0.05, 0.1) is 0 Å². The van der Waals surface area contributed by atoms with Crippen molar-refractivity contribution in [3.63, 3.8) is 0 Å². The molecular weight excluding hydrogens is 198 g/mol. The van der Waals surface area contributed by atoms with Crippen molar-refractivity contribution in [2.45, 2.75) is 51.5 Å². The summed E-state index contributed by atoms with van der Waals surface area (Å²) in [5.41, 5.74) is 2.58. The van der Waals surface area contributed by atoms with Gasteiger partial charge in [0.2, 0.25) is 0 Å². The highest BCUT2D eigenvalue weighted by Gasteiger charge is 2.24. The van der Waals surface area contributed by atoms with E-state index >= 15 is 0 Å². The van der Waals surface area contributed by atoms with E-state index in [4.69, 9.17) is 4.98 Å². The van der Waals surface area contributed by atoms with Gasteiger partial charge in [-0.15, -0.1) is 0 Å². The van der Waals surface area contributed by atoms with Gasteiger partial charge in [0.25, 0.3) is 0 Å². The lowest BCUT2D eigenvalue weighted by Gasteiger charge is -2.26. The highest BCUT2D eigenvalue weighted by Crippen LogP contribution is 2.29. The molecular formula is C13H21N3. The Balaban J connectivity index is 2.39. The Morgan fingerprint density at radius 2 is 2.12 bits per heavy atom. The molecule has 2 rings (SSSR count). The second-order valence-corrected chi connectivity index (χ2v) is 5.58. The highest BCUT2D eigenvalue weighted by molar-refractivity contribution is 5.25. The molecule has 0 fully saturated rings. The van der Waals surface area contributed by atoms with Gasteiger partial charge in [0, 0.05) is 28.9 Å². The van der Waals surface area contributed by atoms with Gasteiger partial charge in [-0.1, -0.05) is 20.8 Å². The predicted molar refractivity (Wildman–Crippen MR) is 65.5 cm³/mol. The number of aromatic nitrogens is 2. The maximum atomic E-state index is 4.73. The molecule has 0 aromatic carbocycles. The third kappa shape index (κ3) is 2.09. The zero-order valence-electron chi connectivity index (χ0n) is 10.7. The van der Waals surface area contributed by atoms with Crippen LogP contribution in [0.5, 0.6) is 0 Å². The van der Waals surface area contributed by atoms with E-state index < -0.39 is 0 Å². The maximum Gasteiger partial charge on any atom is 0.133 e. The molecule has 0 radical (unpaired) electrons. The fraction of sp³-hybridized carbons (Fsp3) is 0.692. The van der Waals surface area contributed by atoms with E-state index in [1.165, 1.54) is 24.1 Å². The van der Waals surface area contributed by atoms with Crippen molar-refractivity contribution in [2.75, 3.05) is 7.05 Å². The minimum atomic E-state index is 0.0433. The maximum absolute atomic E-state index is 4.73. The Bertz CT molecular complexity index is 379. The van der Waals surface area contributed by atoms with Gasteiger partial charge < -0.3 is 5.32 Å². The van der Waals surface area contributed by atoms with Crippen molar-refractivity contribution < 1.29 is 0 Å². The van der Waals surface area contributed by atoms with Crippen LogP contribution in [0.4, 0.5) is 0 Å². The van der Waals surface area contributed by atoms with Gasteiger partial charge in [-0.25, -0.2) is 9.97 Å². The molecule has 3 nitrogen and oxygen atoms in total. The number of rotatable bonds is 1. The topological polar surface area (TPSA) is 37.8 Å². The molecule has 1 aliphatic rings. The number of nitrogens with zero attached hydrogens (tertiary/aromatic N) is 2. The first-order chi connectivity index (χ1) is 7.52. The summed E-state index contributed by atoms with van der Waals surface area (Å²) in [5, 5.41) is 3.34. The monoisotopic (exact) mass is 219 g/mol. The molecule has 16 heavy (non-hydrogen) atoms. The third-order valence-corrected chi connectivity index (χ3v) is 3.20. The van der Waals surface area contributed by atoms with Crippen LogP contribution in [0.1, 0.15) is 56.7 Å². The van der Waals surface area contributed by atoms with Crippen LogP contribution >= 0.6 is 0 Å². The first-order valence-electron chi connectivity index (χ1n) is 6.06. The van der Waals surface area contributed by atoms with Gasteiger partial charge in [0.1, 0.15) is 5.82 Å². The number of nitrogens with one attached hydrogen (secondary N) is 1. The second-order valence-electron chi connectivity index (χ2n) is 5.58. The van der Waals surface area contributed by atoms with Crippen molar-refractivity contribution in [1.29, 1.82) is 0 Å². The zero-order chi connectivity index (χ0) is 11.8. The molecule has 1 atom stereocenters. The molecule has 0 saturated carbocycles. The summed E-state index contributed by atoms with van der Waals surface area (Å²) in [4.78, 5) is 9.24. The van der Waals surface area contributed by atoms with Crippen LogP contribution in [0.3, 0.4) is 0 Å². The van der Waals surface area contributed by atoms with Crippen LogP contribution < -0.4 is 5.32 Å². The number of hydrogen-bond acceptors (Lipinski definition) is 3. The second kappa shape index (κ2) is 4.13. The van der Waals surface area contributed by atoms with Crippen LogP contribution in [-0.4, -0.2) is 17.0 Å². The fourth-order valence-electron chi connectivity index (χ4n) is 2.21. The summed E-state index contributed by atoms with van der Waals surface area (Å²) in [6, 6.07) is 0.442. The molecule has 0 bridgehead atoms. The van der Waals surface area contributed by atoms with Crippen LogP contribution in [0.15, 0.2) is 6.20 Å². The molecule has 0 amide bonds. The quantitative estimate of drug-likeness (QED) is 0.788. The molecule has 1 aromatic heterocycles. The molecule has 1 heterocycles. The third-order valence-electron chi connectivity index (χ3n) is 3.20. The van der Waals surface area contributed by atoms with Crippen molar-refractivity contribution in [3.8, 4) is 0 Å². The van der Waals surface area contributed by atoms with Gasteiger partial charge in [0.15, 0.2) is 0 Å². The summed E-state index contributed by atoms with van der Waals surface area (Å²) in [6.07, 6.45) is 5.53. The first-order valence-corrected chi connectivity index (χ1v) is 6.06. The Morgan fingerprint density at radius 1 is 1.38 bits per heavy atom. The van der Waals surface area contributed by atoms with Crippen molar-refractivity contribution in [1.82, 2.24) is 15.3 Å². The lowest BCUT2D eigenvalue weighted by Crippen LogP contribution is -2.25. The molecule has 1 aliphatic carbocycles. The molecule has 1 N–H and O–H groups in total. The lowest BCUT2D eigenvalue weighted by molar-refractivity contribution is 0.473. The van der Waals surface area contributed by atoms with Crippen molar-refractivity contribution in [3.05, 3.63) is 23.3 Å². The molecule has 88 valence electrons. The normalized spacial score (nSPS) is 20.6. The van der Waals surface area contributed by atoms with E-state index in [2.05, 4.69) is 31.1 Å². The van der Waals surface area contributed by atoms with Crippen LogP contribution in [0.2, 0.25) is 0 Å². The highest BCUT2D eigenvalue weighted by atomic mass is 14.9. The summed E-state index contributed by atoms with van der Waals surface area (Å²) in [7, 11) is 2.01. The zero-order valence-corrected chi connectivity index (χ0v) is 10.7. The SMILES string of the molecule is CNC1CCCc2nc(C(C)(C)C)ncc21. The van der Waals surface area contributed by atoms with E-state index in [0.29, 0.717) is 6.04 Å². The number of fused-ring (bicyclic) bond motifs is 1. The first kappa shape index (κ1) is 11.5. The standard InChI is InChI=1S/C13H21N3/c1-13(2,3)12-15-8-9-10(14-4)6-5-7-11(9)16-12/h8,10,14H,5-7H2,1-4H3. The van der Waals surface area contributed by atoms with Gasteiger partial charge >= 0.3 is 0 Å². The lowest BCUT2D eigenvalue weighted by atomic mass is 9.90. The van der Waals surface area contributed by atoms with Crippen LogP contribution in [0.25, 0.3) is 0 Å². The molecule has 3 heteroatoms. The summed E-state index contributed by atoms with van der Waals surface area (Å²) in [5.74, 6) is 0.961. The van der Waals surface area contributed by atoms with Crippen molar-refractivity contribution in [2.24, 2.45) is 0 Å². The Morgan fingerprint density at radius 3 is 2.75 bits per heavy atom. The predicted octanol–water partition coefficient (Wildman–Crippen LogP) is 2.37. The molecule has 1 unspecified atom stereocenters. The van der Waals surface area contributed by atoms with Gasteiger partial charge in [-0.05, 0) is 26.3 Å². The minimum absolute atomic E-state index is 0.0433. The van der Waals surface area contributed by atoms with E-state index in [0.717, 1.165) is 12.2 Å². The molecule has 0 saturated heterocycles. The summed E-state index contributed by atoms with van der Waals surface area (Å²) in [6.45, 7) is 6.48. The van der Waals surface area contributed by atoms with Gasteiger partial charge in [-0.2, -0.15) is 0 Å². The number of hydrogen-bond donors (Lipinski definition) is 1. The summed E-state index contributed by atoms with van der Waals surface area (Å²) < 4.78 is 0. The van der Waals surface area contributed by atoms with Crippen LogP contribution in [0, 0.1) is 0 Å². The number of aryl methyl sites for hydroxylation is 1. The minimum Gasteiger partial charge on any atom is -0.313 e. The van der Waals surface area contributed by atoms with E-state index in [9.17, 15) is 0 Å². The average molecular weight is 219 g/mol. The van der Waals surface area contributed by atoms with Crippen molar-refractivity contribution >= 4 is 0 Å². The van der Waals surface area contributed by atoms with E-state index in [1.54, 1.807) is 0 Å². The molecule has 0 aliphatic heterocycles. The Labute approximate surface area is 97.7 Å². The molecule has 1 aromatic rings. The summed E-state index contributed by atoms with van der Waals surface area (Å²) >= 11 is 0. The van der Waals surface area contributed by atoms with Crippen LogP contribution in [-0.2, 0) is 11.8 Å². The van der Waals surface area contributed by atoms with E-state index in [1.807, 2.05) is 13.2 Å². The largest absolute Gasteiger partial charge is 0.313 e. The fourth-order valence-corrected chi connectivity index (χ4v) is 2.21. The Hall–Kier alpha value is -0.960. The average Bonchev–Trinajstić information content (AvgIpc) is 2.26. The molecule has 0 spiro atoms. The van der Waals surface area contributed by atoms with Gasteiger partial charge in [-0.3, -0.25) is 0 Å². The van der Waals surface area contributed by atoms with E-state index in [-0.39, 0.29) is 5.41 Å².